The number of carbonyl (C=O) groups excluding carboxylic acids is 5. The third-order valence-electron chi connectivity index (χ3n) is 24.4. The highest BCUT2D eigenvalue weighted by molar-refractivity contribution is 5.83. The van der Waals surface area contributed by atoms with Crippen molar-refractivity contribution in [1.82, 2.24) is 20.4 Å². The van der Waals surface area contributed by atoms with Crippen LogP contribution in [0.3, 0.4) is 0 Å². The summed E-state index contributed by atoms with van der Waals surface area (Å²) in [5, 5.41) is 17.1. The number of rotatable bonds is 92. The molecule has 0 aromatic heterocycles. The predicted octanol–water partition coefficient (Wildman–Crippen LogP) is 28.0. The van der Waals surface area contributed by atoms with Crippen LogP contribution >= 0.6 is 0 Å². The largest absolute Gasteiger partial charge is 0.462 e. The Morgan fingerprint density at radius 3 is 0.939 bits per heavy atom. The van der Waals surface area contributed by atoms with Crippen LogP contribution in [0.15, 0.2) is 0 Å². The lowest BCUT2D eigenvalue weighted by Crippen LogP contribution is -2.38. The Morgan fingerprint density at radius 2 is 0.579 bits per heavy atom. The molecule has 2 unspecified atom stereocenters. The average Bonchev–Trinajstić information content (AvgIpc) is 0.872. The van der Waals surface area contributed by atoms with E-state index in [2.05, 4.69) is 75.8 Å². The van der Waals surface area contributed by atoms with E-state index >= 15 is 0 Å². The molecule has 0 spiro atoms. The van der Waals surface area contributed by atoms with Crippen LogP contribution in [0.1, 0.15) is 519 Å². The standard InChI is InChI=1S/C100H196N4O10/c1-11-19-25-31-37-39-47-56-70-91(17-7)112-97(108)76-62-53-66-85-103(83-64-51-41-49-60-74-96(107)111-89-79-90(68-54-43-33-27-21-13-3)69-55-44-34-28-22-14-4)87-81-101-94(105)77-78-95(106)102-82-88-104(86-67-63-80-100(9,10)99(110)114-92(18-8)71-57-48-40-38-32-26-20-12-2)84-65-52-42-50-61-75-98(109)113-93(72-58-45-35-29-23-15-5)73-59-46-36-30-24-16-6/h90-93,96,107H,11-89H2,1-10H3,(H,101,105)(H,102,106)/t91-,92?,96?/m0/s1. The molecule has 0 aliphatic carbocycles. The van der Waals surface area contributed by atoms with Crippen molar-refractivity contribution in [2.24, 2.45) is 11.3 Å². The van der Waals surface area contributed by atoms with Gasteiger partial charge >= 0.3 is 17.9 Å². The van der Waals surface area contributed by atoms with Crippen molar-refractivity contribution in [2.75, 3.05) is 59.0 Å². The van der Waals surface area contributed by atoms with E-state index < -0.39 is 11.7 Å². The lowest BCUT2D eigenvalue weighted by atomic mass is 9.87. The molecule has 0 fully saturated rings. The Balaban J connectivity index is 5.64. The van der Waals surface area contributed by atoms with Gasteiger partial charge in [-0.1, -0.05) is 351 Å². The van der Waals surface area contributed by atoms with Gasteiger partial charge in [0, 0.05) is 58.5 Å². The first kappa shape index (κ1) is 111. The quantitative estimate of drug-likeness (QED) is 0.0228. The number of ether oxygens (including phenoxy) is 4. The monoisotopic (exact) mass is 1610 g/mol. The van der Waals surface area contributed by atoms with Gasteiger partial charge in [0.1, 0.15) is 18.3 Å². The van der Waals surface area contributed by atoms with Gasteiger partial charge in [-0.25, -0.2) is 0 Å². The SMILES string of the molecule is CCCCCCCCCCC(CC)OC(=O)C(C)(C)CCCCN(CCCCCCCC(=O)OC(CCCCCCCC)CCCCCCCC)CCNC(=O)CCC(=O)NCCN(CCCCCCCC(O)OCCC(CCCCCCCC)CCCCCCCC)CCCCCC(=O)O[C@@H](CC)CCCCCCCCCC. The fourth-order valence-corrected chi connectivity index (χ4v) is 16.3. The van der Waals surface area contributed by atoms with E-state index in [0.29, 0.717) is 51.4 Å². The molecule has 0 bridgehead atoms. The first-order chi connectivity index (χ1) is 55.6. The van der Waals surface area contributed by atoms with Gasteiger partial charge in [0.05, 0.1) is 5.41 Å². The smallest absolute Gasteiger partial charge is 0.311 e. The molecule has 0 heterocycles. The zero-order valence-electron chi connectivity index (χ0n) is 77.8. The van der Waals surface area contributed by atoms with Crippen LogP contribution in [0, 0.1) is 11.3 Å². The second-order valence-corrected chi connectivity index (χ2v) is 35.9. The topological polar surface area (TPSA) is 173 Å². The molecule has 0 rings (SSSR count). The summed E-state index contributed by atoms with van der Waals surface area (Å²) in [5.41, 5.74) is -0.566. The number of amides is 2. The minimum absolute atomic E-state index is 0.0137. The molecule has 0 aromatic carbocycles. The van der Waals surface area contributed by atoms with Crippen LogP contribution in [0.5, 0.6) is 0 Å². The number of unbranched alkanes of at least 4 members (excludes halogenated alkanes) is 45. The zero-order valence-corrected chi connectivity index (χ0v) is 77.8. The van der Waals surface area contributed by atoms with Gasteiger partial charge in [-0.2, -0.15) is 0 Å². The highest BCUT2D eigenvalue weighted by atomic mass is 16.6. The van der Waals surface area contributed by atoms with Gasteiger partial charge < -0.3 is 44.5 Å². The molecule has 0 aromatic rings. The lowest BCUT2D eigenvalue weighted by molar-refractivity contribution is -0.160. The first-order valence-corrected chi connectivity index (χ1v) is 50.5. The van der Waals surface area contributed by atoms with E-state index in [0.717, 1.165) is 206 Å². The van der Waals surface area contributed by atoms with E-state index in [1.807, 2.05) is 13.8 Å². The molecule has 14 heteroatoms. The number of carbonyl (C=O) groups is 5. The van der Waals surface area contributed by atoms with Crippen molar-refractivity contribution < 1.29 is 48.0 Å². The van der Waals surface area contributed by atoms with E-state index in [1.54, 1.807) is 0 Å². The second-order valence-electron chi connectivity index (χ2n) is 35.9. The van der Waals surface area contributed by atoms with Crippen LogP contribution in [0.25, 0.3) is 0 Å². The molecule has 3 atom stereocenters. The van der Waals surface area contributed by atoms with Crippen LogP contribution in [-0.2, 0) is 42.9 Å². The molecule has 0 saturated heterocycles. The van der Waals surface area contributed by atoms with Gasteiger partial charge in [0.15, 0.2) is 6.29 Å². The molecule has 0 aliphatic heterocycles. The molecule has 0 saturated carbocycles. The number of esters is 3. The highest BCUT2D eigenvalue weighted by Gasteiger charge is 2.31. The van der Waals surface area contributed by atoms with Crippen molar-refractivity contribution in [1.29, 1.82) is 0 Å². The van der Waals surface area contributed by atoms with Gasteiger partial charge in [-0.3, -0.25) is 24.0 Å². The lowest BCUT2D eigenvalue weighted by Gasteiger charge is -2.27. The van der Waals surface area contributed by atoms with E-state index in [4.69, 9.17) is 18.9 Å². The first-order valence-electron chi connectivity index (χ1n) is 50.5. The zero-order chi connectivity index (χ0) is 83.5. The summed E-state index contributed by atoms with van der Waals surface area (Å²) in [6.07, 6.45) is 77.4. The number of nitrogens with one attached hydrogen (secondary N) is 2. The molecular formula is C100H196N4O10. The van der Waals surface area contributed by atoms with E-state index in [1.165, 1.54) is 244 Å². The van der Waals surface area contributed by atoms with Crippen molar-refractivity contribution in [2.45, 2.75) is 543 Å². The van der Waals surface area contributed by atoms with Crippen LogP contribution in [-0.4, -0.2) is 128 Å². The number of aliphatic hydroxyl groups is 1. The number of nitrogens with zero attached hydrogens (tertiary/aromatic N) is 2. The normalized spacial score (nSPS) is 12.7. The molecule has 676 valence electrons. The maximum absolute atomic E-state index is 13.6. The minimum Gasteiger partial charge on any atom is -0.462 e. The van der Waals surface area contributed by atoms with Crippen molar-refractivity contribution >= 4 is 29.7 Å². The van der Waals surface area contributed by atoms with Crippen LogP contribution < -0.4 is 10.6 Å². The maximum atomic E-state index is 13.6. The Bertz CT molecular complexity index is 2050. The Morgan fingerprint density at radius 1 is 0.298 bits per heavy atom. The molecule has 0 radical (unpaired) electrons. The number of aliphatic hydroxyl groups excluding tert-OH is 1. The molecular weight excluding hydrogens is 1420 g/mol. The summed E-state index contributed by atoms with van der Waals surface area (Å²) in [4.78, 5) is 71.5. The third kappa shape index (κ3) is 75.4. The molecule has 3 N–H and O–H groups in total. The molecule has 114 heavy (non-hydrogen) atoms. The Kier molecular flexibility index (Phi) is 83.1. The predicted molar refractivity (Wildman–Crippen MR) is 486 cm³/mol. The summed E-state index contributed by atoms with van der Waals surface area (Å²) in [7, 11) is 0. The Labute approximate surface area is 708 Å². The number of hydrogen-bond donors (Lipinski definition) is 3. The van der Waals surface area contributed by atoms with Crippen molar-refractivity contribution in [3.63, 3.8) is 0 Å². The summed E-state index contributed by atoms with van der Waals surface area (Å²) in [6, 6.07) is 0. The van der Waals surface area contributed by atoms with Gasteiger partial charge in [0.2, 0.25) is 11.8 Å². The fraction of sp³-hybridized carbons (Fsp3) is 0.950. The summed E-state index contributed by atoms with van der Waals surface area (Å²) in [6.45, 7) is 28.7. The van der Waals surface area contributed by atoms with E-state index in [9.17, 15) is 29.1 Å². The Hall–Kier alpha value is -2.81. The molecule has 0 aliphatic rings. The average molecular weight is 1610 g/mol. The maximum Gasteiger partial charge on any atom is 0.311 e. The second kappa shape index (κ2) is 85.2. The van der Waals surface area contributed by atoms with Crippen molar-refractivity contribution in [3.05, 3.63) is 0 Å². The summed E-state index contributed by atoms with van der Waals surface area (Å²) >= 11 is 0. The van der Waals surface area contributed by atoms with Crippen LogP contribution in [0.4, 0.5) is 0 Å². The van der Waals surface area contributed by atoms with Gasteiger partial charge in [-0.15, -0.1) is 0 Å². The van der Waals surface area contributed by atoms with Crippen LogP contribution in [0.2, 0.25) is 0 Å². The van der Waals surface area contributed by atoms with E-state index in [-0.39, 0.29) is 60.9 Å². The summed E-state index contributed by atoms with van der Waals surface area (Å²) < 4.78 is 24.3. The molecule has 14 nitrogen and oxygen atoms in total. The van der Waals surface area contributed by atoms with Gasteiger partial charge in [-0.05, 0) is 174 Å². The molecule has 2 amide bonds. The van der Waals surface area contributed by atoms with Gasteiger partial charge in [0.25, 0.3) is 0 Å². The third-order valence-corrected chi connectivity index (χ3v) is 24.4. The van der Waals surface area contributed by atoms with Crippen molar-refractivity contribution in [3.8, 4) is 0 Å². The fourth-order valence-electron chi connectivity index (χ4n) is 16.3. The number of hydrogen-bond acceptors (Lipinski definition) is 12. The highest BCUT2D eigenvalue weighted by Crippen LogP contribution is 2.29. The minimum atomic E-state index is -0.690. The summed E-state index contributed by atoms with van der Waals surface area (Å²) in [5.74, 6) is 0.291.